The lowest BCUT2D eigenvalue weighted by Gasteiger charge is -2.29. The van der Waals surface area contributed by atoms with Crippen LogP contribution in [0, 0.1) is 0 Å². The van der Waals surface area contributed by atoms with Crippen LogP contribution >= 0.6 is 0 Å². The molecule has 10 aromatic rings. The molecule has 2 heteroatoms. The van der Waals surface area contributed by atoms with E-state index in [1.165, 1.54) is 66.0 Å². The Hall–Kier alpha value is -7.16. The molecule has 0 bridgehead atoms. The van der Waals surface area contributed by atoms with Crippen molar-refractivity contribution < 1.29 is 0 Å². The minimum absolute atomic E-state index is 1.09. The Morgan fingerprint density at radius 3 is 1.61 bits per heavy atom. The van der Waals surface area contributed by atoms with E-state index in [4.69, 9.17) is 0 Å². The van der Waals surface area contributed by atoms with Gasteiger partial charge in [0.15, 0.2) is 0 Å². The van der Waals surface area contributed by atoms with Gasteiger partial charge in [-0.25, -0.2) is 0 Å². The largest absolute Gasteiger partial charge is 0.310 e. The van der Waals surface area contributed by atoms with Crippen molar-refractivity contribution in [3.05, 3.63) is 218 Å². The minimum Gasteiger partial charge on any atom is -0.310 e. The fourth-order valence-corrected chi connectivity index (χ4v) is 8.07. The second kappa shape index (κ2) is 13.4. The van der Waals surface area contributed by atoms with Gasteiger partial charge in [0.25, 0.3) is 0 Å². The van der Waals surface area contributed by atoms with Crippen molar-refractivity contribution in [3.8, 4) is 39.1 Å². The van der Waals surface area contributed by atoms with Crippen LogP contribution in [0.4, 0.5) is 17.1 Å². The molecule has 54 heavy (non-hydrogen) atoms. The van der Waals surface area contributed by atoms with E-state index < -0.39 is 0 Å². The van der Waals surface area contributed by atoms with E-state index in [1.54, 1.807) is 0 Å². The second-order valence-electron chi connectivity index (χ2n) is 13.8. The molecule has 9 aromatic carbocycles. The van der Waals surface area contributed by atoms with E-state index in [2.05, 4.69) is 228 Å². The molecule has 0 radical (unpaired) electrons. The van der Waals surface area contributed by atoms with Crippen LogP contribution in [-0.2, 0) is 0 Å². The molecule has 0 spiro atoms. The van der Waals surface area contributed by atoms with Crippen molar-refractivity contribution >= 4 is 49.6 Å². The van der Waals surface area contributed by atoms with Crippen molar-refractivity contribution in [3.63, 3.8) is 0 Å². The van der Waals surface area contributed by atoms with Crippen LogP contribution < -0.4 is 4.90 Å². The summed E-state index contributed by atoms with van der Waals surface area (Å²) in [6.07, 6.45) is 0. The maximum atomic E-state index is 2.42. The monoisotopic (exact) mass is 688 g/mol. The first-order valence-electron chi connectivity index (χ1n) is 18.5. The van der Waals surface area contributed by atoms with Crippen LogP contribution in [0.15, 0.2) is 218 Å². The van der Waals surface area contributed by atoms with Crippen molar-refractivity contribution in [1.82, 2.24) is 4.57 Å². The Bertz CT molecular complexity index is 2930. The third-order valence-corrected chi connectivity index (χ3v) is 10.5. The molecule has 0 amide bonds. The third-order valence-electron chi connectivity index (χ3n) is 10.5. The average molecular weight is 689 g/mol. The topological polar surface area (TPSA) is 8.17 Å². The summed E-state index contributed by atoms with van der Waals surface area (Å²) in [5.74, 6) is 0. The van der Waals surface area contributed by atoms with E-state index in [0.717, 1.165) is 22.7 Å². The first-order chi connectivity index (χ1) is 26.8. The van der Waals surface area contributed by atoms with E-state index >= 15 is 0 Å². The van der Waals surface area contributed by atoms with Crippen LogP contribution in [0.5, 0.6) is 0 Å². The molecule has 0 aliphatic carbocycles. The van der Waals surface area contributed by atoms with Gasteiger partial charge in [0.1, 0.15) is 0 Å². The summed E-state index contributed by atoms with van der Waals surface area (Å²) in [6.45, 7) is 0. The molecular formula is C52H36N2. The minimum atomic E-state index is 1.09. The number of aromatic nitrogens is 1. The highest BCUT2D eigenvalue weighted by Gasteiger charge is 2.21. The van der Waals surface area contributed by atoms with Gasteiger partial charge in [0.05, 0.1) is 16.7 Å². The lowest BCUT2D eigenvalue weighted by Crippen LogP contribution is -2.11. The number of nitrogens with zero attached hydrogens (tertiary/aromatic N) is 2. The fraction of sp³-hybridized carbons (Fsp3) is 0. The standard InChI is InChI=1S/C52H36N2/c1-4-17-37(18-5-1)39-23-14-27-44(33-39)53(49-31-13-12-29-46(49)38-19-6-2-7-20-38)45-28-15-24-42(34-45)47-30-16-32-50-52(47)48-35-40-21-10-11-22-41(40)36-51(48)54(50)43-25-8-3-9-26-43/h1-36H. The summed E-state index contributed by atoms with van der Waals surface area (Å²) in [6, 6.07) is 78.9. The van der Waals surface area contributed by atoms with E-state index in [-0.39, 0.29) is 0 Å². The molecule has 0 saturated heterocycles. The number of fused-ring (bicyclic) bond motifs is 4. The Morgan fingerprint density at radius 1 is 0.333 bits per heavy atom. The van der Waals surface area contributed by atoms with Crippen LogP contribution in [0.1, 0.15) is 0 Å². The Kier molecular flexibility index (Phi) is 7.85. The number of benzene rings is 9. The lowest BCUT2D eigenvalue weighted by molar-refractivity contribution is 1.18. The quantitative estimate of drug-likeness (QED) is 0.162. The van der Waals surface area contributed by atoms with Crippen LogP contribution in [-0.4, -0.2) is 4.57 Å². The zero-order valence-corrected chi connectivity index (χ0v) is 29.7. The van der Waals surface area contributed by atoms with E-state index in [9.17, 15) is 0 Å². The van der Waals surface area contributed by atoms with Gasteiger partial charge in [0.2, 0.25) is 0 Å². The van der Waals surface area contributed by atoms with Gasteiger partial charge >= 0.3 is 0 Å². The molecule has 0 unspecified atom stereocenters. The van der Waals surface area contributed by atoms with Crippen LogP contribution in [0.3, 0.4) is 0 Å². The highest BCUT2D eigenvalue weighted by molar-refractivity contribution is 6.18. The number of anilines is 3. The van der Waals surface area contributed by atoms with Crippen LogP contribution in [0.2, 0.25) is 0 Å². The normalized spacial score (nSPS) is 11.3. The average Bonchev–Trinajstić information content (AvgIpc) is 3.57. The summed E-state index contributed by atoms with van der Waals surface area (Å²) >= 11 is 0. The first kappa shape index (κ1) is 31.6. The molecule has 1 heterocycles. The zero-order chi connectivity index (χ0) is 35.8. The Labute approximate surface area is 315 Å². The van der Waals surface area contributed by atoms with Gasteiger partial charge in [-0.1, -0.05) is 158 Å². The fourth-order valence-electron chi connectivity index (χ4n) is 8.07. The van der Waals surface area contributed by atoms with Gasteiger partial charge in [0, 0.05) is 33.4 Å². The maximum absolute atomic E-state index is 2.42. The van der Waals surface area contributed by atoms with Gasteiger partial charge < -0.3 is 9.47 Å². The summed E-state index contributed by atoms with van der Waals surface area (Å²) in [5.41, 5.74) is 14.0. The SMILES string of the molecule is c1ccc(-c2cccc(N(c3cccc(-c4cccc5c4c4cc6ccccc6cc4n5-c4ccccc4)c3)c3ccccc3-c3ccccc3)c2)cc1. The van der Waals surface area contributed by atoms with Crippen molar-refractivity contribution in [1.29, 1.82) is 0 Å². The van der Waals surface area contributed by atoms with Crippen LogP contribution in [0.25, 0.3) is 71.6 Å². The number of rotatable bonds is 7. The summed E-state index contributed by atoms with van der Waals surface area (Å²) in [4.78, 5) is 2.42. The molecule has 0 N–H and O–H groups in total. The first-order valence-corrected chi connectivity index (χ1v) is 18.5. The summed E-state index contributed by atoms with van der Waals surface area (Å²) in [7, 11) is 0. The van der Waals surface area contributed by atoms with Gasteiger partial charge in [-0.15, -0.1) is 0 Å². The van der Waals surface area contributed by atoms with Gasteiger partial charge in [-0.3, -0.25) is 0 Å². The molecular weight excluding hydrogens is 653 g/mol. The summed E-state index contributed by atoms with van der Waals surface area (Å²) < 4.78 is 2.42. The smallest absolute Gasteiger partial charge is 0.0547 e. The zero-order valence-electron chi connectivity index (χ0n) is 29.7. The lowest BCUT2D eigenvalue weighted by atomic mass is 9.97. The van der Waals surface area contributed by atoms with E-state index in [1.807, 2.05) is 0 Å². The van der Waals surface area contributed by atoms with Gasteiger partial charge in [-0.05, 0) is 99.3 Å². The summed E-state index contributed by atoms with van der Waals surface area (Å²) in [5, 5.41) is 4.97. The Balaban J connectivity index is 1.21. The highest BCUT2D eigenvalue weighted by Crippen LogP contribution is 2.45. The molecule has 254 valence electrons. The molecule has 0 fully saturated rings. The number of hydrogen-bond acceptors (Lipinski definition) is 1. The number of para-hydroxylation sites is 2. The van der Waals surface area contributed by atoms with Crippen molar-refractivity contribution in [2.24, 2.45) is 0 Å². The molecule has 0 aliphatic heterocycles. The maximum Gasteiger partial charge on any atom is 0.0547 e. The molecule has 0 atom stereocenters. The van der Waals surface area contributed by atoms with Crippen molar-refractivity contribution in [2.45, 2.75) is 0 Å². The predicted molar refractivity (Wildman–Crippen MR) is 229 cm³/mol. The second-order valence-corrected chi connectivity index (χ2v) is 13.8. The highest BCUT2D eigenvalue weighted by atomic mass is 15.1. The number of hydrogen-bond donors (Lipinski definition) is 0. The van der Waals surface area contributed by atoms with Gasteiger partial charge in [-0.2, -0.15) is 0 Å². The molecule has 2 nitrogen and oxygen atoms in total. The third kappa shape index (κ3) is 5.53. The predicted octanol–water partition coefficient (Wildman–Crippen LogP) is 14.4. The molecule has 1 aromatic heterocycles. The Morgan fingerprint density at radius 2 is 0.870 bits per heavy atom. The molecule has 0 aliphatic rings. The van der Waals surface area contributed by atoms with E-state index in [0.29, 0.717) is 0 Å². The van der Waals surface area contributed by atoms with Crippen molar-refractivity contribution in [2.75, 3.05) is 4.90 Å². The molecule has 10 rings (SSSR count). The molecule has 0 saturated carbocycles.